The van der Waals surface area contributed by atoms with E-state index < -0.39 is 0 Å². The van der Waals surface area contributed by atoms with Crippen molar-refractivity contribution in [2.75, 3.05) is 6.61 Å². The first-order valence-corrected chi connectivity index (χ1v) is 8.94. The van der Waals surface area contributed by atoms with Gasteiger partial charge in [0, 0.05) is 40.5 Å². The van der Waals surface area contributed by atoms with Crippen molar-refractivity contribution in [3.05, 3.63) is 63.3 Å². The van der Waals surface area contributed by atoms with Crippen LogP contribution in [0.1, 0.15) is 16.3 Å². The zero-order chi connectivity index (χ0) is 17.8. The lowest BCUT2D eigenvalue weighted by molar-refractivity contribution is 0.341. The number of aromatic nitrogens is 2. The Hall–Kier alpha value is -2.02. The van der Waals surface area contributed by atoms with E-state index in [-0.39, 0.29) is 12.4 Å². The number of benzene rings is 1. The highest BCUT2D eigenvalue weighted by Crippen LogP contribution is 2.24. The Morgan fingerprint density at radius 1 is 1.32 bits per heavy atom. The molecule has 0 saturated heterocycles. The smallest absolute Gasteiger partial charge is 0.218 e. The van der Waals surface area contributed by atoms with Gasteiger partial charge in [-0.05, 0) is 25.1 Å². The normalized spacial score (nSPS) is 11.0. The Bertz CT molecular complexity index is 912. The fourth-order valence-electron chi connectivity index (χ4n) is 2.38. The number of nitrogens with zero attached hydrogens (tertiary/aromatic N) is 2. The number of ether oxygens (including phenoxy) is 1. The van der Waals surface area contributed by atoms with E-state index in [1.54, 1.807) is 17.4 Å². The zero-order valence-corrected chi connectivity index (χ0v) is 15.3. The summed E-state index contributed by atoms with van der Waals surface area (Å²) in [5.74, 6) is 0.0827. The molecule has 0 amide bonds. The lowest BCUT2D eigenvalue weighted by atomic mass is 10.1. The zero-order valence-electron chi connectivity index (χ0n) is 13.7. The fraction of sp³-hybridized carbons (Fsp3) is 0.222. The van der Waals surface area contributed by atoms with Crippen LogP contribution in [0.2, 0.25) is 0 Å². The van der Waals surface area contributed by atoms with Crippen LogP contribution < -0.4 is 10.1 Å². The van der Waals surface area contributed by atoms with Crippen molar-refractivity contribution < 1.29 is 9.13 Å². The average Bonchev–Trinajstić information content (AvgIpc) is 2.98. The van der Waals surface area contributed by atoms with Crippen molar-refractivity contribution >= 4 is 33.8 Å². The van der Waals surface area contributed by atoms with Gasteiger partial charge in [0.05, 0.1) is 16.2 Å². The van der Waals surface area contributed by atoms with Gasteiger partial charge in [-0.2, -0.15) is 0 Å². The Labute approximate surface area is 154 Å². The Morgan fingerprint density at radius 3 is 2.88 bits per heavy atom. The number of pyridine rings is 1. The standard InChI is InChI=1S/C18H17ClFN3OS/c1-11(19)9-24-18-14(7-21-8-16-10-25-12(2)22-16)5-13-3-4-15(20)6-17(13)23-18/h3-6,10,21H,1,7-9H2,2H3. The van der Waals surface area contributed by atoms with Gasteiger partial charge in [0.15, 0.2) is 0 Å². The minimum Gasteiger partial charge on any atom is -0.472 e. The number of hydrogen-bond donors (Lipinski definition) is 1. The van der Waals surface area contributed by atoms with Crippen LogP contribution in [0.4, 0.5) is 4.39 Å². The summed E-state index contributed by atoms with van der Waals surface area (Å²) >= 11 is 7.40. The molecule has 2 heterocycles. The van der Waals surface area contributed by atoms with Gasteiger partial charge in [0.1, 0.15) is 12.4 Å². The monoisotopic (exact) mass is 377 g/mol. The molecular weight excluding hydrogens is 361 g/mol. The molecule has 0 aliphatic heterocycles. The molecule has 0 unspecified atom stereocenters. The first kappa shape index (κ1) is 17.8. The number of thiazole rings is 1. The number of halogens is 2. The van der Waals surface area contributed by atoms with Gasteiger partial charge in [-0.3, -0.25) is 0 Å². The van der Waals surface area contributed by atoms with Gasteiger partial charge >= 0.3 is 0 Å². The molecule has 3 aromatic rings. The van der Waals surface area contributed by atoms with E-state index in [0.717, 1.165) is 21.7 Å². The largest absolute Gasteiger partial charge is 0.472 e. The highest BCUT2D eigenvalue weighted by Gasteiger charge is 2.10. The number of aryl methyl sites for hydroxylation is 1. The molecule has 25 heavy (non-hydrogen) atoms. The summed E-state index contributed by atoms with van der Waals surface area (Å²) < 4.78 is 19.1. The van der Waals surface area contributed by atoms with Gasteiger partial charge < -0.3 is 10.1 Å². The highest BCUT2D eigenvalue weighted by molar-refractivity contribution is 7.09. The van der Waals surface area contributed by atoms with E-state index in [9.17, 15) is 4.39 Å². The maximum Gasteiger partial charge on any atom is 0.218 e. The molecule has 0 radical (unpaired) electrons. The van der Waals surface area contributed by atoms with Gasteiger partial charge in [-0.25, -0.2) is 14.4 Å². The summed E-state index contributed by atoms with van der Waals surface area (Å²) in [5, 5.41) is 7.61. The predicted molar refractivity (Wildman–Crippen MR) is 99.6 cm³/mol. The summed E-state index contributed by atoms with van der Waals surface area (Å²) in [5.41, 5.74) is 2.40. The van der Waals surface area contributed by atoms with Gasteiger partial charge in [0.2, 0.25) is 5.88 Å². The van der Waals surface area contributed by atoms with Crippen molar-refractivity contribution in [1.82, 2.24) is 15.3 Å². The summed E-state index contributed by atoms with van der Waals surface area (Å²) in [7, 11) is 0. The first-order valence-electron chi connectivity index (χ1n) is 7.68. The molecule has 3 rings (SSSR count). The minimum absolute atomic E-state index is 0.146. The molecule has 7 heteroatoms. The topological polar surface area (TPSA) is 47.0 Å². The van der Waals surface area contributed by atoms with Crippen LogP contribution in [0.5, 0.6) is 5.88 Å². The van der Waals surface area contributed by atoms with E-state index in [1.165, 1.54) is 12.1 Å². The van der Waals surface area contributed by atoms with Gasteiger partial charge in [-0.1, -0.05) is 18.2 Å². The first-order chi connectivity index (χ1) is 12.0. The van der Waals surface area contributed by atoms with E-state index in [1.807, 2.05) is 18.4 Å². The molecule has 0 bridgehead atoms. The second-order valence-corrected chi connectivity index (χ2v) is 7.15. The summed E-state index contributed by atoms with van der Waals surface area (Å²) in [4.78, 5) is 8.84. The number of rotatable bonds is 7. The average molecular weight is 378 g/mol. The molecule has 1 aromatic carbocycles. The molecule has 0 fully saturated rings. The Balaban J connectivity index is 1.81. The molecule has 2 aromatic heterocycles. The van der Waals surface area contributed by atoms with Crippen LogP contribution >= 0.6 is 22.9 Å². The molecule has 0 aliphatic carbocycles. The van der Waals surface area contributed by atoms with Gasteiger partial charge in [-0.15, -0.1) is 11.3 Å². The van der Waals surface area contributed by atoms with Crippen LogP contribution in [0, 0.1) is 12.7 Å². The molecule has 1 N–H and O–H groups in total. The molecule has 0 saturated carbocycles. The molecule has 130 valence electrons. The van der Waals surface area contributed by atoms with E-state index in [0.29, 0.717) is 29.5 Å². The molecule has 4 nitrogen and oxygen atoms in total. The lowest BCUT2D eigenvalue weighted by Crippen LogP contribution is -2.15. The fourth-order valence-corrected chi connectivity index (χ4v) is 3.05. The van der Waals surface area contributed by atoms with Crippen molar-refractivity contribution in [2.45, 2.75) is 20.0 Å². The number of nitrogens with one attached hydrogen (secondary N) is 1. The van der Waals surface area contributed by atoms with Crippen LogP contribution in [-0.2, 0) is 13.1 Å². The van der Waals surface area contributed by atoms with Crippen LogP contribution in [-0.4, -0.2) is 16.6 Å². The molecule has 0 aliphatic rings. The van der Waals surface area contributed by atoms with E-state index >= 15 is 0 Å². The number of hydrogen-bond acceptors (Lipinski definition) is 5. The van der Waals surface area contributed by atoms with Crippen molar-refractivity contribution in [1.29, 1.82) is 0 Å². The third-order valence-corrected chi connectivity index (χ3v) is 4.40. The molecular formula is C18H17ClFN3OS. The second kappa shape index (κ2) is 7.91. The quantitative estimate of drug-likeness (QED) is 0.655. The third-order valence-electron chi connectivity index (χ3n) is 3.47. The van der Waals surface area contributed by atoms with Crippen molar-refractivity contribution in [2.24, 2.45) is 0 Å². The number of fused-ring (bicyclic) bond motifs is 1. The maximum absolute atomic E-state index is 13.4. The lowest BCUT2D eigenvalue weighted by Gasteiger charge is -2.12. The summed E-state index contributed by atoms with van der Waals surface area (Å²) in [6.07, 6.45) is 0. The molecule has 0 atom stereocenters. The van der Waals surface area contributed by atoms with Crippen LogP contribution in [0.3, 0.4) is 0 Å². The predicted octanol–water partition coefficient (Wildman–Crippen LogP) is 4.56. The maximum atomic E-state index is 13.4. The van der Waals surface area contributed by atoms with E-state index in [4.69, 9.17) is 16.3 Å². The van der Waals surface area contributed by atoms with Crippen molar-refractivity contribution in [3.8, 4) is 5.88 Å². The van der Waals surface area contributed by atoms with Crippen molar-refractivity contribution in [3.63, 3.8) is 0 Å². The van der Waals surface area contributed by atoms with Crippen LogP contribution in [0.25, 0.3) is 10.9 Å². The van der Waals surface area contributed by atoms with Crippen LogP contribution in [0.15, 0.2) is 41.3 Å². The Kier molecular flexibility index (Phi) is 5.63. The minimum atomic E-state index is -0.336. The van der Waals surface area contributed by atoms with Gasteiger partial charge in [0.25, 0.3) is 0 Å². The molecule has 0 spiro atoms. The Morgan fingerprint density at radius 2 is 2.16 bits per heavy atom. The van der Waals surface area contributed by atoms with E-state index in [2.05, 4.69) is 21.9 Å². The third kappa shape index (κ3) is 4.75. The second-order valence-electron chi connectivity index (χ2n) is 5.56. The summed E-state index contributed by atoms with van der Waals surface area (Å²) in [6, 6.07) is 6.44. The summed E-state index contributed by atoms with van der Waals surface area (Å²) in [6.45, 7) is 6.92. The SMILES string of the molecule is C=C(Cl)COc1nc2cc(F)ccc2cc1CNCc1csc(C)n1. The highest BCUT2D eigenvalue weighted by atomic mass is 35.5.